The van der Waals surface area contributed by atoms with Crippen molar-refractivity contribution in [2.45, 2.75) is 0 Å². The largest absolute Gasteiger partial charge is 0.453 e. The van der Waals surface area contributed by atoms with Crippen molar-refractivity contribution in [3.05, 3.63) is 259 Å². The first-order chi connectivity index (χ1) is 39.1. The van der Waals surface area contributed by atoms with Crippen LogP contribution in [0.25, 0.3) is 11.1 Å². The molecule has 0 fully saturated rings. The average molecular weight is 1020 g/mol. The van der Waals surface area contributed by atoms with Gasteiger partial charge < -0.3 is 28.9 Å². The summed E-state index contributed by atoms with van der Waals surface area (Å²) in [5, 5.41) is 0. The zero-order valence-corrected chi connectivity index (χ0v) is 41.8. The molecule has 6 heterocycles. The van der Waals surface area contributed by atoms with Crippen LogP contribution in [0.2, 0.25) is 0 Å². The van der Waals surface area contributed by atoms with E-state index in [2.05, 4.69) is 106 Å². The molecular formula is C66H40N10O3. The Kier molecular flexibility index (Phi) is 9.90. The van der Waals surface area contributed by atoms with Gasteiger partial charge in [0, 0.05) is 40.1 Å². The number of para-hydroxylation sites is 9. The van der Waals surface area contributed by atoms with Gasteiger partial charge in [-0.15, -0.1) is 0 Å². The van der Waals surface area contributed by atoms with Crippen LogP contribution in [-0.4, -0.2) is 40.3 Å². The molecule has 0 amide bonds. The van der Waals surface area contributed by atoms with Crippen molar-refractivity contribution in [2.24, 2.45) is 30.0 Å². The number of ether oxygens (including phenoxy) is 3. The lowest BCUT2D eigenvalue weighted by Crippen LogP contribution is -2.48. The minimum Gasteiger partial charge on any atom is -0.453 e. The molecule has 0 spiro atoms. The number of benzene rings is 10. The fourth-order valence-corrected chi connectivity index (χ4v) is 10.9. The Labute approximate surface area is 453 Å². The van der Waals surface area contributed by atoms with E-state index in [1.807, 2.05) is 152 Å². The molecule has 16 rings (SSSR count). The Hall–Kier alpha value is -11.2. The second-order valence-corrected chi connectivity index (χ2v) is 19.2. The van der Waals surface area contributed by atoms with Crippen LogP contribution in [0.15, 0.2) is 273 Å². The molecule has 10 aromatic rings. The van der Waals surface area contributed by atoms with Gasteiger partial charge >= 0.3 is 0 Å². The molecule has 0 aliphatic carbocycles. The van der Waals surface area contributed by atoms with Gasteiger partial charge in [0.05, 0.1) is 45.5 Å². The monoisotopic (exact) mass is 1020 g/mol. The summed E-state index contributed by atoms with van der Waals surface area (Å²) in [5.41, 5.74) is 12.2. The first kappa shape index (κ1) is 44.1. The lowest BCUT2D eigenvalue weighted by atomic mass is 9.96. The molecule has 13 heteroatoms. The summed E-state index contributed by atoms with van der Waals surface area (Å²) in [6, 6.07) is 81.7. The summed E-state index contributed by atoms with van der Waals surface area (Å²) in [7, 11) is 0. The third-order valence-electron chi connectivity index (χ3n) is 14.4. The highest BCUT2D eigenvalue weighted by atomic mass is 16.5. The number of fused-ring (bicyclic) bond motifs is 6. The van der Waals surface area contributed by atoms with E-state index in [1.165, 1.54) is 0 Å². The average Bonchev–Trinajstić information content (AvgIpc) is 3.58. The summed E-state index contributed by atoms with van der Waals surface area (Å²) in [4.78, 5) is 38.7. The van der Waals surface area contributed by atoms with E-state index in [9.17, 15) is 0 Å². The van der Waals surface area contributed by atoms with Crippen molar-refractivity contribution in [1.29, 1.82) is 0 Å². The molecule has 0 atom stereocenters. The lowest BCUT2D eigenvalue weighted by Gasteiger charge is -2.38. The van der Waals surface area contributed by atoms with Crippen LogP contribution < -0.4 is 28.9 Å². The Morgan fingerprint density at radius 1 is 0.241 bits per heavy atom. The van der Waals surface area contributed by atoms with Gasteiger partial charge in [-0.05, 0) is 90.5 Å². The molecule has 6 aliphatic rings. The van der Waals surface area contributed by atoms with Crippen molar-refractivity contribution in [3.8, 4) is 45.6 Å². The quantitative estimate of drug-likeness (QED) is 0.156. The van der Waals surface area contributed by atoms with Crippen molar-refractivity contribution in [3.63, 3.8) is 0 Å². The van der Waals surface area contributed by atoms with E-state index < -0.39 is 0 Å². The van der Waals surface area contributed by atoms with Gasteiger partial charge in [-0.1, -0.05) is 146 Å². The number of aliphatic imine (C=N–C) groups is 6. The molecule has 0 aromatic heterocycles. The van der Waals surface area contributed by atoms with Gasteiger partial charge in [0.15, 0.2) is 52.0 Å². The van der Waals surface area contributed by atoms with E-state index in [4.69, 9.17) is 44.2 Å². The zero-order valence-electron chi connectivity index (χ0n) is 41.8. The summed E-state index contributed by atoms with van der Waals surface area (Å²) < 4.78 is 20.4. The summed E-state index contributed by atoms with van der Waals surface area (Å²) in [5.74, 6) is 6.83. The molecule has 0 radical (unpaired) electrons. The summed E-state index contributed by atoms with van der Waals surface area (Å²) in [6.07, 6.45) is 0. The normalized spacial score (nSPS) is 15.0. The third kappa shape index (κ3) is 7.32. The first-order valence-electron chi connectivity index (χ1n) is 25.8. The van der Waals surface area contributed by atoms with Crippen molar-refractivity contribution < 1.29 is 14.2 Å². The van der Waals surface area contributed by atoms with Crippen LogP contribution in [0.3, 0.4) is 0 Å². The Bertz CT molecular complexity index is 4250. The number of rotatable bonds is 7. The van der Waals surface area contributed by atoms with Crippen molar-refractivity contribution in [1.82, 2.24) is 4.90 Å². The maximum atomic E-state index is 7.39. The molecule has 0 bridgehead atoms. The second-order valence-electron chi connectivity index (χ2n) is 19.2. The van der Waals surface area contributed by atoms with Gasteiger partial charge in [0.25, 0.3) is 0 Å². The van der Waals surface area contributed by atoms with Crippen LogP contribution >= 0.6 is 0 Å². The van der Waals surface area contributed by atoms with Crippen LogP contribution in [-0.2, 0) is 0 Å². The van der Waals surface area contributed by atoms with E-state index in [0.717, 1.165) is 102 Å². The highest BCUT2D eigenvalue weighted by Gasteiger charge is 2.38. The predicted molar refractivity (Wildman–Crippen MR) is 313 cm³/mol. The number of nitrogens with zero attached hydrogens (tertiary/aromatic N) is 10. The smallest absolute Gasteiger partial charge is 0.243 e. The van der Waals surface area contributed by atoms with Crippen LogP contribution in [0.4, 0.5) is 51.2 Å². The van der Waals surface area contributed by atoms with Crippen molar-refractivity contribution >= 4 is 86.6 Å². The van der Waals surface area contributed by atoms with E-state index in [-0.39, 0.29) is 0 Å². The lowest BCUT2D eigenvalue weighted by molar-refractivity contribution is 0.473. The third-order valence-corrected chi connectivity index (χ3v) is 14.4. The highest BCUT2D eigenvalue weighted by Crippen LogP contribution is 2.60. The minimum atomic E-state index is 0.363. The standard InChI is InChI=1S/C66H40N10O3/c1-4-19-41(20-5-1)61-67-64-68-62(42-21-6-2-7-22-42)70-66-72-63(71-65(69-61)76(64)66)44-24-18-23-43(37-44)48-38-47(74-51-29-12-16-33-56(51)78-57-34-17-13-30-52(57)74)40-59-60(48)75(45-25-8-3-9-26-45)53-36-35-46(39-58(53)79-59)73-49-27-10-14-31-54(49)77-55-32-15-11-28-50(55)73/h1-40H. The van der Waals surface area contributed by atoms with E-state index >= 15 is 0 Å². The molecule has 13 nitrogen and oxygen atoms in total. The Balaban J connectivity index is 0.897. The molecule has 6 aliphatic heterocycles. The first-order valence-corrected chi connectivity index (χ1v) is 25.8. The number of anilines is 9. The number of hydrogen-bond donors (Lipinski definition) is 0. The van der Waals surface area contributed by atoms with Gasteiger partial charge in [0.2, 0.25) is 17.9 Å². The maximum absolute atomic E-state index is 7.39. The van der Waals surface area contributed by atoms with Crippen molar-refractivity contribution in [2.75, 3.05) is 14.7 Å². The topological polar surface area (TPSA) is 115 Å². The van der Waals surface area contributed by atoms with E-state index in [0.29, 0.717) is 46.9 Å². The molecule has 10 aromatic carbocycles. The Morgan fingerprint density at radius 2 is 0.646 bits per heavy atom. The van der Waals surface area contributed by atoms with E-state index in [1.54, 1.807) is 4.90 Å². The molecule has 372 valence electrons. The summed E-state index contributed by atoms with van der Waals surface area (Å²) >= 11 is 0. The van der Waals surface area contributed by atoms with Gasteiger partial charge in [0.1, 0.15) is 0 Å². The van der Waals surface area contributed by atoms with Gasteiger partial charge in [-0.2, -0.15) is 30.0 Å². The molecule has 0 N–H and O–H groups in total. The second kappa shape index (κ2) is 17.7. The Morgan fingerprint density at radius 3 is 1.18 bits per heavy atom. The maximum Gasteiger partial charge on any atom is 0.243 e. The number of guanidine groups is 3. The molecular weight excluding hydrogens is 981 g/mol. The fraction of sp³-hybridized carbons (Fsp3) is 0. The van der Waals surface area contributed by atoms with Gasteiger partial charge in [-0.25, -0.2) is 4.90 Å². The van der Waals surface area contributed by atoms with Gasteiger partial charge in [-0.3, -0.25) is 0 Å². The minimum absolute atomic E-state index is 0.363. The summed E-state index contributed by atoms with van der Waals surface area (Å²) in [6.45, 7) is 0. The molecule has 79 heavy (non-hydrogen) atoms. The highest BCUT2D eigenvalue weighted by molar-refractivity contribution is 6.34. The predicted octanol–water partition coefficient (Wildman–Crippen LogP) is 16.1. The van der Waals surface area contributed by atoms with Crippen LogP contribution in [0.1, 0.15) is 16.7 Å². The van der Waals surface area contributed by atoms with Crippen LogP contribution in [0.5, 0.6) is 34.5 Å². The zero-order chi connectivity index (χ0) is 52.0. The molecule has 0 saturated carbocycles. The number of amidine groups is 3. The molecule has 0 saturated heterocycles. The van der Waals surface area contributed by atoms with Crippen LogP contribution in [0, 0.1) is 0 Å². The fourth-order valence-electron chi connectivity index (χ4n) is 10.9. The number of hydrogen-bond acceptors (Lipinski definition) is 13. The molecule has 0 unspecified atom stereocenters. The SMILES string of the molecule is c1ccc(C2=NC3=NC(c4ccccc4)=NC4=NC(c5cccc(-c6cc(N7c8ccccc8Oc8ccccc87)cc7c6N(c6ccccc6)c6ccc(N8c9ccccc9Oc9ccccc98)cc6O7)c5)=NC(=N2)N34)cc1.